The molecule has 0 atom stereocenters. The predicted molar refractivity (Wildman–Crippen MR) is 75.1 cm³/mol. The molecule has 20 heavy (non-hydrogen) atoms. The summed E-state index contributed by atoms with van der Waals surface area (Å²) < 4.78 is 24.8. The molecule has 0 bridgehead atoms. The molecule has 7 nitrogen and oxygen atoms in total. The Hall–Kier alpha value is -1.03. The van der Waals surface area contributed by atoms with Gasteiger partial charge in [-0.2, -0.15) is 4.31 Å². The second-order valence-electron chi connectivity index (χ2n) is 4.68. The summed E-state index contributed by atoms with van der Waals surface area (Å²) in [6, 6.07) is 0. The van der Waals surface area contributed by atoms with E-state index in [2.05, 4.69) is 9.88 Å². The van der Waals surface area contributed by atoms with Crippen LogP contribution < -0.4 is 0 Å². The zero-order chi connectivity index (χ0) is 14.8. The lowest BCUT2D eigenvalue weighted by atomic mass is 10.3. The van der Waals surface area contributed by atoms with E-state index in [0.29, 0.717) is 32.7 Å². The van der Waals surface area contributed by atoms with Gasteiger partial charge in [-0.15, -0.1) is 11.3 Å². The number of carbonyl (C=O) groups is 1. The Bertz CT molecular complexity index is 576. The van der Waals surface area contributed by atoms with Gasteiger partial charge in [0.1, 0.15) is 0 Å². The number of hydrogen-bond acceptors (Lipinski definition) is 6. The van der Waals surface area contributed by atoms with E-state index in [1.807, 2.05) is 12.3 Å². The fraction of sp³-hybridized carbons (Fsp3) is 0.636. The van der Waals surface area contributed by atoms with E-state index in [-0.39, 0.29) is 0 Å². The number of nitrogens with zero attached hydrogens (tertiary/aromatic N) is 3. The number of thiazole rings is 1. The van der Waals surface area contributed by atoms with Crippen LogP contribution in [0.1, 0.15) is 10.7 Å². The van der Waals surface area contributed by atoms with Crippen molar-refractivity contribution in [3.63, 3.8) is 0 Å². The molecule has 2 rings (SSSR count). The molecule has 1 aromatic heterocycles. The molecule has 0 unspecified atom stereocenters. The quantitative estimate of drug-likeness (QED) is 0.820. The molecule has 1 aromatic rings. The van der Waals surface area contributed by atoms with Crippen LogP contribution in [0.4, 0.5) is 0 Å². The third kappa shape index (κ3) is 3.98. The maximum atomic E-state index is 11.8. The third-order valence-corrected chi connectivity index (χ3v) is 5.67. The van der Waals surface area contributed by atoms with E-state index >= 15 is 0 Å². The molecule has 1 N–H and O–H groups in total. The predicted octanol–water partition coefficient (Wildman–Crippen LogP) is -0.0165. The maximum Gasteiger partial charge on any atom is 0.320 e. The molecule has 2 heterocycles. The lowest BCUT2D eigenvalue weighted by molar-refractivity contribution is -0.134. The van der Waals surface area contributed by atoms with Gasteiger partial charge in [-0.25, -0.2) is 13.4 Å². The zero-order valence-electron chi connectivity index (χ0n) is 11.2. The van der Waals surface area contributed by atoms with Gasteiger partial charge in [-0.1, -0.05) is 0 Å². The van der Waals surface area contributed by atoms with E-state index in [9.17, 15) is 13.2 Å². The van der Waals surface area contributed by atoms with Crippen LogP contribution in [0.15, 0.2) is 5.38 Å². The average Bonchev–Trinajstić information content (AvgIpc) is 2.74. The summed E-state index contributed by atoms with van der Waals surface area (Å²) in [5.74, 6) is -2.15. The second-order valence-corrected chi connectivity index (χ2v) is 7.71. The van der Waals surface area contributed by atoms with Crippen molar-refractivity contribution in [2.75, 3.05) is 31.9 Å². The number of aromatic nitrogens is 1. The number of aliphatic carboxylic acids is 1. The second kappa shape index (κ2) is 6.17. The van der Waals surface area contributed by atoms with Crippen molar-refractivity contribution in [2.24, 2.45) is 0 Å². The van der Waals surface area contributed by atoms with Gasteiger partial charge in [0.05, 0.1) is 10.7 Å². The first-order chi connectivity index (χ1) is 9.37. The van der Waals surface area contributed by atoms with Crippen molar-refractivity contribution < 1.29 is 18.3 Å². The smallest absolute Gasteiger partial charge is 0.320 e. The number of carboxylic acid groups (broad SMARTS) is 1. The first-order valence-electron chi connectivity index (χ1n) is 6.20. The van der Waals surface area contributed by atoms with Crippen LogP contribution in [0.5, 0.6) is 0 Å². The lowest BCUT2D eigenvalue weighted by Gasteiger charge is -2.33. The van der Waals surface area contributed by atoms with Crippen molar-refractivity contribution in [3.8, 4) is 0 Å². The largest absolute Gasteiger partial charge is 0.480 e. The molecule has 0 aliphatic carbocycles. The summed E-state index contributed by atoms with van der Waals surface area (Å²) in [6.45, 7) is 4.50. The normalized spacial score (nSPS) is 18.2. The van der Waals surface area contributed by atoms with Crippen LogP contribution in [-0.2, 0) is 21.4 Å². The average molecular weight is 319 g/mol. The van der Waals surface area contributed by atoms with E-state index in [4.69, 9.17) is 5.11 Å². The van der Waals surface area contributed by atoms with E-state index < -0.39 is 21.7 Å². The third-order valence-electron chi connectivity index (χ3n) is 3.08. The van der Waals surface area contributed by atoms with Crippen LogP contribution in [0.3, 0.4) is 0 Å². The van der Waals surface area contributed by atoms with Crippen LogP contribution in [-0.4, -0.2) is 65.6 Å². The van der Waals surface area contributed by atoms with E-state index in [1.165, 1.54) is 4.31 Å². The van der Waals surface area contributed by atoms with Crippen molar-refractivity contribution in [2.45, 2.75) is 13.5 Å². The van der Waals surface area contributed by atoms with Gasteiger partial charge < -0.3 is 5.11 Å². The molecule has 0 aromatic carbocycles. The Morgan fingerprint density at radius 3 is 2.55 bits per heavy atom. The Morgan fingerprint density at radius 2 is 2.05 bits per heavy atom. The fourth-order valence-electron chi connectivity index (χ4n) is 2.12. The number of piperazine rings is 1. The van der Waals surface area contributed by atoms with E-state index in [0.717, 1.165) is 10.7 Å². The molecule has 0 saturated carbocycles. The monoisotopic (exact) mass is 319 g/mol. The summed E-state index contributed by atoms with van der Waals surface area (Å²) in [7, 11) is -3.68. The summed E-state index contributed by atoms with van der Waals surface area (Å²) in [5.41, 5.74) is 0.995. The van der Waals surface area contributed by atoms with Crippen LogP contribution in [0.2, 0.25) is 0 Å². The molecule has 0 spiro atoms. The van der Waals surface area contributed by atoms with Gasteiger partial charge in [0.2, 0.25) is 10.0 Å². The minimum atomic E-state index is -3.68. The maximum absolute atomic E-state index is 11.8. The number of carboxylic acids is 1. The molecule has 1 aliphatic rings. The highest BCUT2D eigenvalue weighted by Gasteiger charge is 2.28. The highest BCUT2D eigenvalue weighted by atomic mass is 32.2. The minimum absolute atomic E-state index is 0.332. The zero-order valence-corrected chi connectivity index (χ0v) is 12.8. The Labute approximate surface area is 121 Å². The van der Waals surface area contributed by atoms with Gasteiger partial charge in [-0.3, -0.25) is 9.69 Å². The first-order valence-corrected chi connectivity index (χ1v) is 8.69. The van der Waals surface area contributed by atoms with Gasteiger partial charge in [0.25, 0.3) is 0 Å². The minimum Gasteiger partial charge on any atom is -0.480 e. The van der Waals surface area contributed by atoms with Gasteiger partial charge >= 0.3 is 5.97 Å². The highest BCUT2D eigenvalue weighted by molar-refractivity contribution is 7.89. The summed E-state index contributed by atoms with van der Waals surface area (Å²) in [6.07, 6.45) is 0. The molecule has 1 aliphatic heterocycles. The first kappa shape index (κ1) is 15.4. The lowest BCUT2D eigenvalue weighted by Crippen LogP contribution is -2.49. The Morgan fingerprint density at radius 1 is 1.40 bits per heavy atom. The molecule has 9 heteroatoms. The van der Waals surface area contributed by atoms with Crippen LogP contribution in [0, 0.1) is 6.92 Å². The molecule has 1 saturated heterocycles. The standard InChI is InChI=1S/C11H17N3O4S2/c1-9-12-10(7-19-9)6-13-2-4-14(5-3-13)20(17,18)8-11(15)16/h7H,2-6,8H2,1H3,(H,15,16). The van der Waals surface area contributed by atoms with E-state index in [1.54, 1.807) is 11.3 Å². The fourth-order valence-corrected chi connectivity index (χ4v) is 3.94. The molecule has 0 amide bonds. The summed E-state index contributed by atoms with van der Waals surface area (Å²) in [5, 5.41) is 11.6. The van der Waals surface area contributed by atoms with Gasteiger partial charge in [-0.05, 0) is 6.92 Å². The topological polar surface area (TPSA) is 90.8 Å². The molecule has 0 radical (unpaired) electrons. The number of sulfonamides is 1. The Kier molecular flexibility index (Phi) is 4.74. The van der Waals surface area contributed by atoms with Crippen molar-refractivity contribution in [1.82, 2.24) is 14.2 Å². The number of aryl methyl sites for hydroxylation is 1. The number of rotatable bonds is 5. The van der Waals surface area contributed by atoms with Crippen molar-refractivity contribution >= 4 is 27.3 Å². The molecular weight excluding hydrogens is 302 g/mol. The van der Waals surface area contributed by atoms with Gasteiger partial charge in [0, 0.05) is 38.1 Å². The SMILES string of the molecule is Cc1nc(CN2CCN(S(=O)(=O)CC(=O)O)CC2)cs1. The van der Waals surface area contributed by atoms with Crippen LogP contribution in [0.25, 0.3) is 0 Å². The molecule has 112 valence electrons. The number of hydrogen-bond donors (Lipinski definition) is 1. The summed E-state index contributed by atoms with van der Waals surface area (Å²) in [4.78, 5) is 17.0. The van der Waals surface area contributed by atoms with Crippen molar-refractivity contribution in [3.05, 3.63) is 16.1 Å². The Balaban J connectivity index is 1.87. The highest BCUT2D eigenvalue weighted by Crippen LogP contribution is 2.13. The van der Waals surface area contributed by atoms with Gasteiger partial charge in [0.15, 0.2) is 5.75 Å². The van der Waals surface area contributed by atoms with Crippen molar-refractivity contribution in [1.29, 1.82) is 0 Å². The summed E-state index contributed by atoms with van der Waals surface area (Å²) >= 11 is 1.60. The molecule has 1 fully saturated rings. The molecular formula is C11H17N3O4S2. The van der Waals surface area contributed by atoms with Crippen LogP contribution >= 0.6 is 11.3 Å².